The van der Waals surface area contributed by atoms with Gasteiger partial charge in [-0.25, -0.2) is 0 Å². The molecule has 2 fully saturated rings. The Bertz CT molecular complexity index is 804. The van der Waals surface area contributed by atoms with Crippen LogP contribution in [-0.4, -0.2) is 36.2 Å². The van der Waals surface area contributed by atoms with Crippen LogP contribution in [0.15, 0.2) is 28.8 Å². The van der Waals surface area contributed by atoms with Crippen LogP contribution in [0, 0.1) is 11.3 Å². The Morgan fingerprint density at radius 3 is 2.93 bits per heavy atom. The highest BCUT2D eigenvalue weighted by Crippen LogP contribution is 2.58. The monoisotopic (exact) mass is 392 g/mol. The number of rotatable bonds is 5. The fourth-order valence-electron chi connectivity index (χ4n) is 3.86. The molecule has 2 aromatic rings. The Kier molecular flexibility index (Phi) is 5.72. The third-order valence-corrected chi connectivity index (χ3v) is 5.60. The molecule has 2 unspecified atom stereocenters. The SMILES string of the molecule is COc1cccc(-c2noc(C(C)NC(=O)C3CC34CCNCC4)n2)c1.Cl. The van der Waals surface area contributed by atoms with E-state index in [1.54, 1.807) is 7.11 Å². The van der Waals surface area contributed by atoms with E-state index in [1.165, 1.54) is 0 Å². The predicted octanol–water partition coefficient (Wildman–Crippen LogP) is 2.73. The fourth-order valence-corrected chi connectivity index (χ4v) is 3.86. The van der Waals surface area contributed by atoms with E-state index in [0.29, 0.717) is 11.7 Å². The van der Waals surface area contributed by atoms with E-state index in [9.17, 15) is 4.79 Å². The number of benzene rings is 1. The standard InChI is InChI=1S/C19H24N4O3.ClH/c1-12(21-17(24)15-11-19(15)6-8-20-9-7-19)18-22-16(23-26-18)13-4-3-5-14(10-13)25-2;/h3-5,10,12,15,20H,6-9,11H2,1-2H3,(H,21,24);1H. The largest absolute Gasteiger partial charge is 0.497 e. The molecule has 1 saturated heterocycles. The van der Waals surface area contributed by atoms with Gasteiger partial charge in [0.15, 0.2) is 0 Å². The van der Waals surface area contributed by atoms with Crippen LogP contribution in [0.1, 0.15) is 38.1 Å². The van der Waals surface area contributed by atoms with Crippen LogP contribution in [0.3, 0.4) is 0 Å². The van der Waals surface area contributed by atoms with E-state index in [-0.39, 0.29) is 35.7 Å². The van der Waals surface area contributed by atoms with Gasteiger partial charge in [-0.3, -0.25) is 4.79 Å². The van der Waals surface area contributed by atoms with Gasteiger partial charge >= 0.3 is 0 Å². The Morgan fingerprint density at radius 2 is 2.19 bits per heavy atom. The number of ether oxygens (including phenoxy) is 1. The third-order valence-electron chi connectivity index (χ3n) is 5.60. The summed E-state index contributed by atoms with van der Waals surface area (Å²) in [6.45, 7) is 3.89. The highest BCUT2D eigenvalue weighted by molar-refractivity contribution is 5.85. The Hall–Kier alpha value is -2.12. The van der Waals surface area contributed by atoms with Gasteiger partial charge in [-0.2, -0.15) is 4.98 Å². The molecule has 1 aromatic heterocycles. The molecule has 27 heavy (non-hydrogen) atoms. The smallest absolute Gasteiger partial charge is 0.249 e. The third kappa shape index (κ3) is 3.94. The molecule has 1 aliphatic heterocycles. The van der Waals surface area contributed by atoms with E-state index in [1.807, 2.05) is 31.2 Å². The molecule has 2 heterocycles. The van der Waals surface area contributed by atoms with Crippen molar-refractivity contribution in [2.24, 2.45) is 11.3 Å². The number of carbonyl (C=O) groups excluding carboxylic acids is 1. The molecule has 146 valence electrons. The number of hydrogen-bond acceptors (Lipinski definition) is 6. The zero-order chi connectivity index (χ0) is 18.1. The number of nitrogens with zero attached hydrogens (tertiary/aromatic N) is 2. The summed E-state index contributed by atoms with van der Waals surface area (Å²) in [5.41, 5.74) is 1.03. The lowest BCUT2D eigenvalue weighted by Crippen LogP contribution is -2.34. The molecule has 0 radical (unpaired) electrons. The van der Waals surface area contributed by atoms with Crippen LogP contribution in [0.2, 0.25) is 0 Å². The molecule has 0 bridgehead atoms. The van der Waals surface area contributed by atoms with E-state index < -0.39 is 0 Å². The first-order valence-corrected chi connectivity index (χ1v) is 9.10. The summed E-state index contributed by atoms with van der Waals surface area (Å²) in [6.07, 6.45) is 3.16. The number of nitrogens with one attached hydrogen (secondary N) is 2. The lowest BCUT2D eigenvalue weighted by Gasteiger charge is -2.23. The van der Waals surface area contributed by atoms with Crippen molar-refractivity contribution in [3.63, 3.8) is 0 Å². The van der Waals surface area contributed by atoms with Gasteiger partial charge in [0.1, 0.15) is 11.8 Å². The minimum Gasteiger partial charge on any atom is -0.497 e. The Morgan fingerprint density at radius 1 is 1.41 bits per heavy atom. The van der Waals surface area contributed by atoms with Gasteiger partial charge < -0.3 is 19.9 Å². The van der Waals surface area contributed by atoms with Gasteiger partial charge in [-0.1, -0.05) is 17.3 Å². The average Bonchev–Trinajstić information content (AvgIpc) is 3.14. The number of piperidine rings is 1. The van der Waals surface area contributed by atoms with Gasteiger partial charge in [0.25, 0.3) is 0 Å². The summed E-state index contributed by atoms with van der Waals surface area (Å²) in [7, 11) is 1.62. The molecule has 8 heteroatoms. The van der Waals surface area contributed by atoms with Crippen molar-refractivity contribution in [1.82, 2.24) is 20.8 Å². The number of hydrogen-bond donors (Lipinski definition) is 2. The van der Waals surface area contributed by atoms with Crippen LogP contribution in [0.5, 0.6) is 5.75 Å². The summed E-state index contributed by atoms with van der Waals surface area (Å²) in [5.74, 6) is 1.85. The fraction of sp³-hybridized carbons (Fsp3) is 0.526. The van der Waals surface area contributed by atoms with Crippen molar-refractivity contribution >= 4 is 18.3 Å². The summed E-state index contributed by atoms with van der Waals surface area (Å²) in [4.78, 5) is 17.0. The van der Waals surface area contributed by atoms with Gasteiger partial charge in [0.2, 0.25) is 17.6 Å². The number of halogens is 1. The summed E-state index contributed by atoms with van der Waals surface area (Å²) in [5, 5.41) is 10.4. The molecule has 1 saturated carbocycles. The summed E-state index contributed by atoms with van der Waals surface area (Å²) >= 11 is 0. The maximum absolute atomic E-state index is 12.6. The maximum atomic E-state index is 12.6. The average molecular weight is 393 g/mol. The highest BCUT2D eigenvalue weighted by Gasteiger charge is 2.57. The second-order valence-corrected chi connectivity index (χ2v) is 7.29. The molecule has 2 atom stereocenters. The molecule has 1 aromatic carbocycles. The number of aromatic nitrogens is 2. The topological polar surface area (TPSA) is 89.3 Å². The highest BCUT2D eigenvalue weighted by atomic mass is 35.5. The van der Waals surface area contributed by atoms with Crippen molar-refractivity contribution in [3.05, 3.63) is 30.2 Å². The van der Waals surface area contributed by atoms with Crippen LogP contribution < -0.4 is 15.4 Å². The second kappa shape index (κ2) is 7.86. The second-order valence-electron chi connectivity index (χ2n) is 7.29. The van der Waals surface area contributed by atoms with Gasteiger partial charge in [-0.15, -0.1) is 12.4 Å². The zero-order valence-electron chi connectivity index (χ0n) is 15.5. The van der Waals surface area contributed by atoms with Gasteiger partial charge in [-0.05, 0) is 56.8 Å². The molecule has 7 nitrogen and oxygen atoms in total. The quantitative estimate of drug-likeness (QED) is 0.813. The summed E-state index contributed by atoms with van der Waals surface area (Å²) in [6, 6.07) is 7.17. The van der Waals surface area contributed by atoms with E-state index in [2.05, 4.69) is 20.8 Å². The van der Waals surface area contributed by atoms with Crippen LogP contribution in [0.4, 0.5) is 0 Å². The summed E-state index contributed by atoms with van der Waals surface area (Å²) < 4.78 is 10.6. The first-order chi connectivity index (χ1) is 12.6. The number of amides is 1. The first-order valence-electron chi connectivity index (χ1n) is 9.10. The van der Waals surface area contributed by atoms with E-state index in [0.717, 1.165) is 43.7 Å². The van der Waals surface area contributed by atoms with Crippen molar-refractivity contribution in [3.8, 4) is 17.1 Å². The number of methoxy groups -OCH3 is 1. The molecular weight excluding hydrogens is 368 g/mol. The normalized spacial score (nSPS) is 21.2. The minimum absolute atomic E-state index is 0. The molecular formula is C19H25ClN4O3. The molecule has 1 spiro atoms. The Balaban J connectivity index is 0.00000210. The lowest BCUT2D eigenvalue weighted by atomic mass is 9.91. The maximum Gasteiger partial charge on any atom is 0.249 e. The van der Waals surface area contributed by atoms with Crippen molar-refractivity contribution in [2.75, 3.05) is 20.2 Å². The van der Waals surface area contributed by atoms with Gasteiger partial charge in [0.05, 0.1) is 7.11 Å². The molecule has 1 aliphatic carbocycles. The first kappa shape index (κ1) is 19.6. The molecule has 4 rings (SSSR count). The van der Waals surface area contributed by atoms with Crippen molar-refractivity contribution in [1.29, 1.82) is 0 Å². The van der Waals surface area contributed by atoms with Gasteiger partial charge in [0, 0.05) is 11.5 Å². The predicted molar refractivity (Wildman–Crippen MR) is 103 cm³/mol. The zero-order valence-corrected chi connectivity index (χ0v) is 16.3. The minimum atomic E-state index is -0.311. The van der Waals surface area contributed by atoms with Crippen LogP contribution in [0.25, 0.3) is 11.4 Å². The number of carbonyl (C=O) groups is 1. The van der Waals surface area contributed by atoms with Crippen LogP contribution in [-0.2, 0) is 4.79 Å². The molecule has 1 amide bonds. The Labute approximate surface area is 164 Å². The van der Waals surface area contributed by atoms with E-state index >= 15 is 0 Å². The molecule has 2 aliphatic rings. The van der Waals surface area contributed by atoms with Crippen LogP contribution >= 0.6 is 12.4 Å². The van der Waals surface area contributed by atoms with Crippen molar-refractivity contribution < 1.29 is 14.1 Å². The molecule has 2 N–H and O–H groups in total. The van der Waals surface area contributed by atoms with E-state index in [4.69, 9.17) is 9.26 Å². The lowest BCUT2D eigenvalue weighted by molar-refractivity contribution is -0.124. The van der Waals surface area contributed by atoms with Crippen molar-refractivity contribution in [2.45, 2.75) is 32.2 Å².